The van der Waals surface area contributed by atoms with Gasteiger partial charge in [-0.3, -0.25) is 9.13 Å². The van der Waals surface area contributed by atoms with E-state index in [2.05, 4.69) is 197 Å². The normalized spacial score (nSPS) is 10.6. The molecule has 10 aromatic carbocycles. The predicted octanol–water partition coefficient (Wildman–Crippen LogP) is 19.9. The number of aliphatic carboxylic acids is 1. The fraction of sp³-hybridized carbons (Fsp3) is 0.0548. The van der Waals surface area contributed by atoms with Gasteiger partial charge >= 0.3 is 29.8 Å². The molecule has 2 heterocycles. The summed E-state index contributed by atoms with van der Waals surface area (Å²) >= 11 is 8.06. The molecule has 0 aliphatic heterocycles. The number of carbonyl (C=O) groups excluding carboxylic acids is 2. The number of phenols is 3. The van der Waals surface area contributed by atoms with Crippen LogP contribution in [0.15, 0.2) is 322 Å². The fourth-order valence-corrected chi connectivity index (χ4v) is 15.4. The Balaban J connectivity index is 0.000000168. The lowest BCUT2D eigenvalue weighted by molar-refractivity contribution is -0.162. The molecule has 0 aliphatic carbocycles. The summed E-state index contributed by atoms with van der Waals surface area (Å²) in [5, 5.41) is 36.0. The van der Waals surface area contributed by atoms with E-state index >= 15 is 0 Å². The van der Waals surface area contributed by atoms with E-state index in [0.717, 1.165) is 7.14 Å². The highest BCUT2D eigenvalue weighted by atomic mass is 127. The molecule has 12 aromatic rings. The van der Waals surface area contributed by atoms with Gasteiger partial charge in [0.05, 0.1) is 36.1 Å². The van der Waals surface area contributed by atoms with Crippen LogP contribution in [-0.2, 0) is 31.4 Å². The molecule has 496 valence electrons. The average molecular weight is 1800 g/mol. The van der Waals surface area contributed by atoms with E-state index in [1.54, 1.807) is 73.3 Å². The second-order valence-corrected chi connectivity index (χ2v) is 28.5. The topological polar surface area (TPSA) is 195 Å². The van der Waals surface area contributed by atoms with Crippen molar-refractivity contribution >= 4 is 130 Å². The Hall–Kier alpha value is -8.43. The maximum atomic E-state index is 12.8. The highest BCUT2D eigenvalue weighted by molar-refractivity contribution is 14.1. The maximum Gasteiger partial charge on any atom is 0.382 e. The zero-order valence-electron chi connectivity index (χ0n) is 51.1. The third-order valence-electron chi connectivity index (χ3n) is 12.4. The number of aromatic nitrogens is 4. The van der Waals surface area contributed by atoms with E-state index in [1.165, 1.54) is 75.4 Å². The summed E-state index contributed by atoms with van der Waals surface area (Å²) in [5.74, 6) is -7.94. The predicted molar refractivity (Wildman–Crippen MR) is 400 cm³/mol. The number of hydrogen-bond donors (Lipinski definition) is 4. The van der Waals surface area contributed by atoms with Crippen molar-refractivity contribution in [2.24, 2.45) is 0 Å². The summed E-state index contributed by atoms with van der Waals surface area (Å²) in [6.07, 6.45) is 9.17. The summed E-state index contributed by atoms with van der Waals surface area (Å²) in [6, 6.07) is 83.1. The minimum Gasteiger partial charge on any atom is -0.508 e. The largest absolute Gasteiger partial charge is 0.508 e. The van der Waals surface area contributed by atoms with Crippen LogP contribution in [0.5, 0.6) is 46.0 Å². The smallest absolute Gasteiger partial charge is 0.382 e. The Morgan fingerprint density at radius 1 is 0.402 bits per heavy atom. The number of phenolic OH excluding ortho intramolecular Hbond substituents is 3. The van der Waals surface area contributed by atoms with Crippen molar-refractivity contribution in [1.29, 1.82) is 0 Å². The van der Waals surface area contributed by atoms with E-state index in [-0.39, 0.29) is 50.8 Å². The molecule has 97 heavy (non-hydrogen) atoms. The van der Waals surface area contributed by atoms with E-state index < -0.39 is 23.8 Å². The lowest BCUT2D eigenvalue weighted by Crippen LogP contribution is -2.29. The van der Waals surface area contributed by atoms with Gasteiger partial charge in [-0.1, -0.05) is 109 Å². The molecule has 14 nitrogen and oxygen atoms in total. The Kier molecular flexibility index (Phi) is 29.7. The van der Waals surface area contributed by atoms with E-state index in [1.807, 2.05) is 90.4 Å². The average Bonchev–Trinajstić information content (AvgIpc) is 1.83. The van der Waals surface area contributed by atoms with Crippen molar-refractivity contribution in [3.05, 3.63) is 307 Å². The quantitative estimate of drug-likeness (QED) is 0.0281. The summed E-state index contributed by atoms with van der Waals surface area (Å²) in [6.45, 7) is 0.802. The third kappa shape index (κ3) is 24.6. The molecule has 0 bridgehead atoms. The summed E-state index contributed by atoms with van der Waals surface area (Å²) in [4.78, 5) is 47.5. The van der Waals surface area contributed by atoms with Gasteiger partial charge in [-0.2, -0.15) is 17.6 Å². The highest BCUT2D eigenvalue weighted by Gasteiger charge is 2.35. The number of ether oxygens (including phenoxy) is 3. The second-order valence-electron chi connectivity index (χ2n) is 19.8. The molecule has 0 atom stereocenters. The molecule has 0 saturated carbocycles. The first-order valence-electron chi connectivity index (χ1n) is 28.6. The number of rotatable bonds is 13. The lowest BCUT2D eigenvalue weighted by atomic mass is 10.3. The Bertz CT molecular complexity index is 3980. The van der Waals surface area contributed by atoms with E-state index in [4.69, 9.17) is 19.7 Å². The maximum absolute atomic E-state index is 12.8. The molecule has 0 saturated heterocycles. The number of imidazole rings is 2. The van der Waals surface area contributed by atoms with Crippen molar-refractivity contribution in [2.75, 3.05) is 0 Å². The van der Waals surface area contributed by atoms with Crippen LogP contribution in [0.4, 0.5) is 22.4 Å². The molecule has 12 rings (SSSR count). The summed E-state index contributed by atoms with van der Waals surface area (Å²) < 4.78 is 69.3. The standard InChI is InChI=1S/2C18H15S.C15H10F2I2O4.C12H8I2O3.C7H6N4O.C3H4F2O2/c2*1-4-10-16(11-5-1)19(17-12-6-2-7-13-17)18-14-8-3-9-15-18;1-15(16,17)14(21)23-9-4-2-8(3-5-9)22-10-6-11(18)13(20)12(19)7-10;13-10-5-9(6-11(14)12(10)16)17-8-3-1-7(15)2-4-8;12-7(10-3-1-8-5-10)11-4-2-9-6-11;1-3(4,5)2(6)7/h2*1-15H;2-7,20H,1H3;1-6,15-16H;1-6H;1H3,(H,6,7)/q2*+1;;;;. The van der Waals surface area contributed by atoms with Gasteiger partial charge in [0, 0.05) is 38.6 Å². The molecule has 0 radical (unpaired) electrons. The van der Waals surface area contributed by atoms with Crippen LogP contribution >= 0.6 is 90.4 Å². The number of benzene rings is 10. The molecule has 2 aromatic heterocycles. The molecular weight excluding hydrogens is 1740 g/mol. The Morgan fingerprint density at radius 3 is 0.897 bits per heavy atom. The number of esters is 1. The van der Waals surface area contributed by atoms with Gasteiger partial charge < -0.3 is 34.6 Å². The van der Waals surface area contributed by atoms with Crippen LogP contribution in [0.25, 0.3) is 0 Å². The van der Waals surface area contributed by atoms with Crippen LogP contribution in [0, 0.1) is 14.3 Å². The first kappa shape index (κ1) is 75.9. The molecule has 0 amide bonds. The van der Waals surface area contributed by atoms with Gasteiger partial charge in [-0.15, -0.1) is 0 Å². The number of carboxylic acids is 1. The lowest BCUT2D eigenvalue weighted by Gasteiger charge is -2.11. The van der Waals surface area contributed by atoms with Gasteiger partial charge in [-0.25, -0.2) is 24.4 Å². The number of nitrogens with zero attached hydrogens (tertiary/aromatic N) is 4. The van der Waals surface area contributed by atoms with Crippen molar-refractivity contribution < 1.29 is 66.6 Å². The van der Waals surface area contributed by atoms with E-state index in [9.17, 15) is 42.2 Å². The monoisotopic (exact) mass is 1800 g/mol. The van der Waals surface area contributed by atoms with E-state index in [0.29, 0.717) is 44.0 Å². The van der Waals surface area contributed by atoms with Crippen LogP contribution < -0.4 is 14.2 Å². The zero-order chi connectivity index (χ0) is 69.9. The Labute approximate surface area is 617 Å². The number of carbonyl (C=O) groups is 3. The van der Waals surface area contributed by atoms with Crippen molar-refractivity contribution in [2.45, 2.75) is 55.1 Å². The molecule has 24 heteroatoms. The van der Waals surface area contributed by atoms with Gasteiger partial charge in [0.2, 0.25) is 0 Å². The molecule has 0 spiro atoms. The number of alkyl halides is 4. The SMILES string of the molecule is CC(F)(F)C(=O)O.CC(F)(F)C(=O)Oc1ccc(Oc2cc(I)c(O)c(I)c2)cc1.O=C(n1ccnc1)n1ccnc1.Oc1ccc(Oc2cc(I)c(O)c(I)c2)cc1.c1ccc([S+](c2ccccc2)c2ccccc2)cc1.c1ccc([S+](c2ccccc2)c2ccccc2)cc1. The fourth-order valence-electron chi connectivity index (χ4n) is 7.79. The van der Waals surface area contributed by atoms with Crippen molar-refractivity contribution in [3.8, 4) is 46.0 Å². The van der Waals surface area contributed by atoms with Gasteiger partial charge in [0.25, 0.3) is 0 Å². The third-order valence-corrected chi connectivity index (χ3v) is 20.1. The molecule has 4 N–H and O–H groups in total. The number of carboxylic acid groups (broad SMARTS) is 1. The zero-order valence-corrected chi connectivity index (χ0v) is 61.3. The molecule has 0 unspecified atom stereocenters. The molecule has 0 fully saturated rings. The van der Waals surface area contributed by atoms with Crippen LogP contribution in [0.2, 0.25) is 0 Å². The number of halogens is 8. The summed E-state index contributed by atoms with van der Waals surface area (Å²) in [5.41, 5.74) is 0. The van der Waals surface area contributed by atoms with Crippen LogP contribution in [0.3, 0.4) is 0 Å². The number of aromatic hydroxyl groups is 3. The number of hydrogen-bond acceptors (Lipinski definition) is 11. The van der Waals surface area contributed by atoms with Crippen molar-refractivity contribution in [1.82, 2.24) is 19.1 Å². The minimum absolute atomic E-state index is 0.00116. The molecular formula is C73H58F4I4N4O10S2+2. The second kappa shape index (κ2) is 37.9. The first-order chi connectivity index (χ1) is 46.4. The van der Waals surface area contributed by atoms with Gasteiger partial charge in [0.15, 0.2) is 29.4 Å². The summed E-state index contributed by atoms with van der Waals surface area (Å²) in [7, 11) is -0.0293. The van der Waals surface area contributed by atoms with Crippen molar-refractivity contribution in [3.63, 3.8) is 0 Å². The van der Waals surface area contributed by atoms with Gasteiger partial charge in [0.1, 0.15) is 58.7 Å². The minimum atomic E-state index is -3.58. The molecule has 0 aliphatic rings. The van der Waals surface area contributed by atoms with Crippen LogP contribution in [0.1, 0.15) is 13.8 Å². The van der Waals surface area contributed by atoms with Gasteiger partial charge in [-0.05, 0) is 236 Å². The Morgan fingerprint density at radius 2 is 0.660 bits per heavy atom. The van der Waals surface area contributed by atoms with Crippen LogP contribution in [-0.4, -0.2) is 69.3 Å². The first-order valence-corrected chi connectivity index (χ1v) is 35.3. The highest BCUT2D eigenvalue weighted by Crippen LogP contribution is 2.36.